The zero-order chi connectivity index (χ0) is 23.6. The highest BCUT2D eigenvalue weighted by Gasteiger charge is 2.21. The fourth-order valence-corrected chi connectivity index (χ4v) is 5.36. The van der Waals surface area contributed by atoms with Gasteiger partial charge in [-0.2, -0.15) is 0 Å². The number of carbonyl (C=O) groups excluding carboxylic acids is 1. The summed E-state index contributed by atoms with van der Waals surface area (Å²) in [6.07, 6.45) is 4.45. The van der Waals surface area contributed by atoms with Gasteiger partial charge in [0, 0.05) is 23.5 Å². The van der Waals surface area contributed by atoms with Gasteiger partial charge in [-0.1, -0.05) is 78.5 Å². The summed E-state index contributed by atoms with van der Waals surface area (Å²) in [5.41, 5.74) is 7.76. The molecule has 2 aromatic heterocycles. The van der Waals surface area contributed by atoms with Gasteiger partial charge in [0.1, 0.15) is 0 Å². The minimum absolute atomic E-state index is 0.0828. The first-order chi connectivity index (χ1) is 17.3. The minimum Gasteiger partial charge on any atom is -0.297 e. The molecule has 0 bridgehead atoms. The van der Waals surface area contributed by atoms with Crippen LogP contribution in [0.15, 0.2) is 102 Å². The Balaban J connectivity index is 1.26. The van der Waals surface area contributed by atoms with Crippen LogP contribution in [0.5, 0.6) is 0 Å². The van der Waals surface area contributed by atoms with Crippen LogP contribution in [0.2, 0.25) is 0 Å². The standard InChI is InChI=1S/C29H22N4OS/c34-27(23-13-12-22-15-21-9-4-5-11-25(21)26(22)16-23)19-35-29-32-31-28(24-10-6-14-30-17-24)33(29)18-20-7-2-1-3-8-20/h1-14,16-17H,15,18-19H2. The van der Waals surface area contributed by atoms with E-state index in [-0.39, 0.29) is 5.78 Å². The summed E-state index contributed by atoms with van der Waals surface area (Å²) in [7, 11) is 0. The van der Waals surface area contributed by atoms with Crippen molar-refractivity contribution in [1.82, 2.24) is 19.7 Å². The third-order valence-electron chi connectivity index (χ3n) is 6.27. The molecule has 0 atom stereocenters. The molecular weight excluding hydrogens is 452 g/mol. The molecule has 3 aromatic carbocycles. The summed E-state index contributed by atoms with van der Waals surface area (Å²) in [6.45, 7) is 0.615. The predicted octanol–water partition coefficient (Wildman–Crippen LogP) is 5.93. The zero-order valence-electron chi connectivity index (χ0n) is 19.0. The predicted molar refractivity (Wildman–Crippen MR) is 139 cm³/mol. The number of hydrogen-bond donors (Lipinski definition) is 0. The van der Waals surface area contributed by atoms with Crippen LogP contribution in [0, 0.1) is 0 Å². The SMILES string of the molecule is O=C(CSc1nnc(-c2cccnc2)n1Cc1ccccc1)c1ccc2c(c1)-c1ccccc1C2. The van der Waals surface area contributed by atoms with Gasteiger partial charge in [-0.25, -0.2) is 0 Å². The minimum atomic E-state index is 0.0828. The molecular formula is C29H22N4OS. The molecule has 0 fully saturated rings. The van der Waals surface area contributed by atoms with Crippen molar-refractivity contribution >= 4 is 17.5 Å². The molecule has 5 aromatic rings. The molecule has 5 nitrogen and oxygen atoms in total. The second-order valence-electron chi connectivity index (χ2n) is 8.54. The number of ketones is 1. The van der Waals surface area contributed by atoms with Crippen LogP contribution in [0.25, 0.3) is 22.5 Å². The third kappa shape index (κ3) is 4.29. The van der Waals surface area contributed by atoms with Gasteiger partial charge in [-0.3, -0.25) is 14.3 Å². The monoisotopic (exact) mass is 474 g/mol. The summed E-state index contributed by atoms with van der Waals surface area (Å²) < 4.78 is 2.06. The molecule has 1 aliphatic rings. The fraction of sp³-hybridized carbons (Fsp3) is 0.103. The van der Waals surface area contributed by atoms with Crippen LogP contribution in [-0.4, -0.2) is 31.3 Å². The largest absolute Gasteiger partial charge is 0.297 e. The first-order valence-electron chi connectivity index (χ1n) is 11.5. The summed E-state index contributed by atoms with van der Waals surface area (Å²) in [5.74, 6) is 1.12. The van der Waals surface area contributed by atoms with E-state index in [2.05, 4.69) is 62.2 Å². The number of pyridine rings is 1. The van der Waals surface area contributed by atoms with Crippen LogP contribution in [0.4, 0.5) is 0 Å². The van der Waals surface area contributed by atoms with Crippen molar-refractivity contribution in [2.24, 2.45) is 0 Å². The average Bonchev–Trinajstić information content (AvgIpc) is 3.49. The lowest BCUT2D eigenvalue weighted by atomic mass is 10.0. The number of fused-ring (bicyclic) bond motifs is 3. The van der Waals surface area contributed by atoms with E-state index < -0.39 is 0 Å². The van der Waals surface area contributed by atoms with Crippen LogP contribution < -0.4 is 0 Å². The molecule has 0 spiro atoms. The van der Waals surface area contributed by atoms with Crippen molar-refractivity contribution in [3.8, 4) is 22.5 Å². The van der Waals surface area contributed by atoms with Crippen molar-refractivity contribution in [3.63, 3.8) is 0 Å². The maximum absolute atomic E-state index is 13.2. The highest BCUT2D eigenvalue weighted by Crippen LogP contribution is 2.37. The van der Waals surface area contributed by atoms with Gasteiger partial charge in [-0.05, 0) is 52.4 Å². The molecule has 0 unspecified atom stereocenters. The lowest BCUT2D eigenvalue weighted by Gasteiger charge is -2.10. The van der Waals surface area contributed by atoms with E-state index in [9.17, 15) is 4.79 Å². The van der Waals surface area contributed by atoms with Gasteiger partial charge in [0.25, 0.3) is 0 Å². The molecule has 6 rings (SSSR count). The van der Waals surface area contributed by atoms with E-state index >= 15 is 0 Å². The molecule has 170 valence electrons. The molecule has 6 heteroatoms. The lowest BCUT2D eigenvalue weighted by Crippen LogP contribution is -2.07. The smallest absolute Gasteiger partial charge is 0.192 e. The van der Waals surface area contributed by atoms with Crippen LogP contribution in [0.1, 0.15) is 27.0 Å². The number of nitrogens with zero attached hydrogens (tertiary/aromatic N) is 4. The van der Waals surface area contributed by atoms with Gasteiger partial charge < -0.3 is 0 Å². The second kappa shape index (κ2) is 9.31. The normalized spacial score (nSPS) is 11.8. The average molecular weight is 475 g/mol. The Labute approximate surface area is 207 Å². The Kier molecular flexibility index (Phi) is 5.72. The number of benzene rings is 3. The first-order valence-corrected chi connectivity index (χ1v) is 12.5. The Bertz CT molecular complexity index is 1510. The molecule has 0 aliphatic heterocycles. The quantitative estimate of drug-likeness (QED) is 0.212. The van der Waals surface area contributed by atoms with Crippen molar-refractivity contribution < 1.29 is 4.79 Å². The van der Waals surface area contributed by atoms with Gasteiger partial charge in [0.2, 0.25) is 0 Å². The van der Waals surface area contributed by atoms with Crippen molar-refractivity contribution in [2.75, 3.05) is 5.75 Å². The molecule has 35 heavy (non-hydrogen) atoms. The van der Waals surface area contributed by atoms with Gasteiger partial charge in [-0.15, -0.1) is 10.2 Å². The number of carbonyl (C=O) groups is 1. The molecule has 2 heterocycles. The highest BCUT2D eigenvalue weighted by atomic mass is 32.2. The van der Waals surface area contributed by atoms with E-state index in [0.717, 1.165) is 28.9 Å². The Morgan fingerprint density at radius 2 is 1.69 bits per heavy atom. The summed E-state index contributed by atoms with van der Waals surface area (Å²) in [5, 5.41) is 9.60. The zero-order valence-corrected chi connectivity index (χ0v) is 19.8. The third-order valence-corrected chi connectivity index (χ3v) is 7.24. The number of Topliss-reactive ketones (excluding diaryl/α,β-unsaturated/α-hetero) is 1. The molecule has 1 aliphatic carbocycles. The van der Waals surface area contributed by atoms with Crippen molar-refractivity contribution in [2.45, 2.75) is 18.1 Å². The Hall–Kier alpha value is -4.03. The van der Waals surface area contributed by atoms with Gasteiger partial charge >= 0.3 is 0 Å². The summed E-state index contributed by atoms with van der Waals surface area (Å²) >= 11 is 1.42. The number of aromatic nitrogens is 4. The lowest BCUT2D eigenvalue weighted by molar-refractivity contribution is 0.102. The number of hydrogen-bond acceptors (Lipinski definition) is 5. The maximum Gasteiger partial charge on any atom is 0.192 e. The molecule has 0 N–H and O–H groups in total. The molecule has 0 radical (unpaired) electrons. The van der Waals surface area contributed by atoms with Crippen molar-refractivity contribution in [3.05, 3.63) is 120 Å². The second-order valence-corrected chi connectivity index (χ2v) is 9.48. The Morgan fingerprint density at radius 1 is 0.857 bits per heavy atom. The fourth-order valence-electron chi connectivity index (χ4n) is 4.52. The molecule has 0 saturated heterocycles. The van der Waals surface area contributed by atoms with Crippen LogP contribution >= 0.6 is 11.8 Å². The van der Waals surface area contributed by atoms with Crippen molar-refractivity contribution in [1.29, 1.82) is 0 Å². The van der Waals surface area contributed by atoms with Crippen LogP contribution in [-0.2, 0) is 13.0 Å². The van der Waals surface area contributed by atoms with Gasteiger partial charge in [0.05, 0.1) is 12.3 Å². The van der Waals surface area contributed by atoms with Crippen LogP contribution in [0.3, 0.4) is 0 Å². The number of thioether (sulfide) groups is 1. The maximum atomic E-state index is 13.2. The van der Waals surface area contributed by atoms with E-state index in [1.807, 2.05) is 42.5 Å². The topological polar surface area (TPSA) is 60.7 Å². The first kappa shape index (κ1) is 21.5. The number of rotatable bonds is 7. The van der Waals surface area contributed by atoms with Gasteiger partial charge in [0.15, 0.2) is 16.8 Å². The van der Waals surface area contributed by atoms with E-state index in [1.54, 1.807) is 12.4 Å². The summed E-state index contributed by atoms with van der Waals surface area (Å²) in [6, 6.07) is 28.6. The van der Waals surface area contributed by atoms with E-state index in [1.165, 1.54) is 34.0 Å². The molecule has 0 saturated carbocycles. The highest BCUT2D eigenvalue weighted by molar-refractivity contribution is 7.99. The van der Waals surface area contributed by atoms with E-state index in [4.69, 9.17) is 0 Å². The van der Waals surface area contributed by atoms with E-state index in [0.29, 0.717) is 17.5 Å². The Morgan fingerprint density at radius 3 is 2.54 bits per heavy atom. The molecule has 0 amide bonds. The summed E-state index contributed by atoms with van der Waals surface area (Å²) in [4.78, 5) is 17.4.